The Morgan fingerprint density at radius 2 is 1.64 bits per heavy atom. The zero-order chi connectivity index (χ0) is 19.3. The number of benzene rings is 1. The first-order chi connectivity index (χ1) is 13.7. The summed E-state index contributed by atoms with van der Waals surface area (Å²) >= 11 is 3.37. The summed E-state index contributed by atoms with van der Waals surface area (Å²) < 4.78 is 11.7. The van der Waals surface area contributed by atoms with Crippen LogP contribution in [0, 0.1) is 0 Å². The smallest absolute Gasteiger partial charge is 0.257 e. The highest BCUT2D eigenvalue weighted by atomic mass is 79.9. The predicted molar refractivity (Wildman–Crippen MR) is 112 cm³/mol. The monoisotopic (exact) mass is 446 g/mol. The summed E-state index contributed by atoms with van der Waals surface area (Å²) in [5.74, 6) is -0.178. The van der Waals surface area contributed by atoms with Crippen molar-refractivity contribution in [2.45, 2.75) is 0 Å². The van der Waals surface area contributed by atoms with E-state index in [1.165, 1.54) is 0 Å². The molecule has 0 unspecified atom stereocenters. The van der Waals surface area contributed by atoms with Crippen LogP contribution < -0.4 is 15.1 Å². The van der Waals surface area contributed by atoms with E-state index in [1.807, 2.05) is 6.07 Å². The van der Waals surface area contributed by atoms with Gasteiger partial charge in [0.2, 0.25) is 0 Å². The van der Waals surface area contributed by atoms with E-state index in [0.29, 0.717) is 18.8 Å². The zero-order valence-corrected chi connectivity index (χ0v) is 17.2. The van der Waals surface area contributed by atoms with Crippen molar-refractivity contribution in [3.63, 3.8) is 0 Å². The third-order valence-corrected chi connectivity index (χ3v) is 5.36. The van der Waals surface area contributed by atoms with Gasteiger partial charge in [0.1, 0.15) is 0 Å². The molecule has 1 N–H and O–H groups in total. The standard InChI is InChI=1S/C20H23BrN4O3/c21-16-11-15(13-22-14-16)20(26)23-18-2-1-17(24-3-7-27-8-4-24)12-19(18)25-5-9-28-10-6-25/h1-2,11-14H,3-10H2,(H,23,26). The Morgan fingerprint density at radius 3 is 2.32 bits per heavy atom. The molecule has 0 bridgehead atoms. The predicted octanol–water partition coefficient (Wildman–Crippen LogP) is 2.77. The van der Waals surface area contributed by atoms with Crippen molar-refractivity contribution in [2.24, 2.45) is 0 Å². The van der Waals surface area contributed by atoms with E-state index in [2.05, 4.69) is 48.2 Å². The highest BCUT2D eigenvalue weighted by Crippen LogP contribution is 2.32. The molecule has 1 aromatic carbocycles. The highest BCUT2D eigenvalue weighted by molar-refractivity contribution is 9.10. The first-order valence-electron chi connectivity index (χ1n) is 9.42. The van der Waals surface area contributed by atoms with Gasteiger partial charge in [-0.15, -0.1) is 0 Å². The molecular weight excluding hydrogens is 424 g/mol. The quantitative estimate of drug-likeness (QED) is 0.778. The van der Waals surface area contributed by atoms with Gasteiger partial charge in [-0.1, -0.05) is 0 Å². The molecule has 2 saturated heterocycles. The van der Waals surface area contributed by atoms with Crippen LogP contribution >= 0.6 is 15.9 Å². The molecule has 0 spiro atoms. The van der Waals surface area contributed by atoms with Crippen molar-refractivity contribution in [1.82, 2.24) is 4.98 Å². The summed E-state index contributed by atoms with van der Waals surface area (Å²) in [5, 5.41) is 3.06. The fourth-order valence-electron chi connectivity index (χ4n) is 3.44. The Balaban J connectivity index is 1.62. The Labute approximate surface area is 172 Å². The molecule has 148 valence electrons. The molecule has 28 heavy (non-hydrogen) atoms. The molecule has 2 aliphatic heterocycles. The normalized spacial score (nSPS) is 17.5. The van der Waals surface area contributed by atoms with Gasteiger partial charge in [0.15, 0.2) is 0 Å². The average molecular weight is 447 g/mol. The lowest BCUT2D eigenvalue weighted by Crippen LogP contribution is -2.38. The number of rotatable bonds is 4. The molecular formula is C20H23BrN4O3. The molecule has 2 aliphatic rings. The van der Waals surface area contributed by atoms with Crippen LogP contribution in [0.4, 0.5) is 17.1 Å². The van der Waals surface area contributed by atoms with Crippen molar-refractivity contribution in [2.75, 3.05) is 67.7 Å². The van der Waals surface area contributed by atoms with Gasteiger partial charge in [-0.2, -0.15) is 0 Å². The number of nitrogens with zero attached hydrogens (tertiary/aromatic N) is 3. The second kappa shape index (κ2) is 8.89. The highest BCUT2D eigenvalue weighted by Gasteiger charge is 2.20. The molecule has 3 heterocycles. The van der Waals surface area contributed by atoms with Gasteiger partial charge in [-0.05, 0) is 40.2 Å². The van der Waals surface area contributed by atoms with Crippen molar-refractivity contribution < 1.29 is 14.3 Å². The average Bonchev–Trinajstić information content (AvgIpc) is 2.75. The van der Waals surface area contributed by atoms with Crippen LogP contribution in [0.25, 0.3) is 0 Å². The summed E-state index contributed by atoms with van der Waals surface area (Å²) in [6, 6.07) is 7.97. The maximum Gasteiger partial charge on any atom is 0.257 e. The van der Waals surface area contributed by atoms with Crippen LogP contribution in [0.2, 0.25) is 0 Å². The van der Waals surface area contributed by atoms with E-state index in [4.69, 9.17) is 9.47 Å². The van der Waals surface area contributed by atoms with E-state index in [9.17, 15) is 4.79 Å². The number of hydrogen-bond donors (Lipinski definition) is 1. The first-order valence-corrected chi connectivity index (χ1v) is 10.2. The molecule has 7 nitrogen and oxygen atoms in total. The number of anilines is 3. The van der Waals surface area contributed by atoms with E-state index in [1.54, 1.807) is 18.5 Å². The molecule has 0 saturated carbocycles. The van der Waals surface area contributed by atoms with E-state index in [-0.39, 0.29) is 5.91 Å². The minimum Gasteiger partial charge on any atom is -0.378 e. The van der Waals surface area contributed by atoms with Crippen LogP contribution in [0.5, 0.6) is 0 Å². The molecule has 8 heteroatoms. The number of aromatic nitrogens is 1. The van der Waals surface area contributed by atoms with Crippen molar-refractivity contribution in [3.8, 4) is 0 Å². The van der Waals surface area contributed by atoms with E-state index >= 15 is 0 Å². The fraction of sp³-hybridized carbons (Fsp3) is 0.400. The van der Waals surface area contributed by atoms with Gasteiger partial charge in [0, 0.05) is 48.7 Å². The fourth-order valence-corrected chi connectivity index (χ4v) is 3.81. The number of nitrogens with one attached hydrogen (secondary N) is 1. The largest absolute Gasteiger partial charge is 0.378 e. The second-order valence-electron chi connectivity index (χ2n) is 6.75. The molecule has 2 fully saturated rings. The zero-order valence-electron chi connectivity index (χ0n) is 15.6. The van der Waals surface area contributed by atoms with Crippen molar-refractivity contribution in [1.29, 1.82) is 0 Å². The Morgan fingerprint density at radius 1 is 0.964 bits per heavy atom. The SMILES string of the molecule is O=C(Nc1ccc(N2CCOCC2)cc1N1CCOCC1)c1cncc(Br)c1. The first kappa shape index (κ1) is 19.2. The van der Waals surface area contributed by atoms with Gasteiger partial charge in [0.25, 0.3) is 5.91 Å². The Hall–Kier alpha value is -2.16. The Bertz CT molecular complexity index is 836. The van der Waals surface area contributed by atoms with Gasteiger partial charge in [0.05, 0.1) is 43.4 Å². The van der Waals surface area contributed by atoms with Gasteiger partial charge in [-0.25, -0.2) is 0 Å². The third-order valence-electron chi connectivity index (χ3n) is 4.92. The molecule has 2 aromatic rings. The van der Waals surface area contributed by atoms with E-state index in [0.717, 1.165) is 60.9 Å². The lowest BCUT2D eigenvalue weighted by Gasteiger charge is -2.33. The Kier molecular flexibility index (Phi) is 6.09. The van der Waals surface area contributed by atoms with Crippen LogP contribution in [0.1, 0.15) is 10.4 Å². The molecule has 0 aliphatic carbocycles. The summed E-state index contributed by atoms with van der Waals surface area (Å²) in [6.07, 6.45) is 3.23. The number of morpholine rings is 2. The maximum absolute atomic E-state index is 12.7. The summed E-state index contributed by atoms with van der Waals surface area (Å²) in [7, 11) is 0. The summed E-state index contributed by atoms with van der Waals surface area (Å²) in [5.41, 5.74) is 3.47. The minimum atomic E-state index is -0.178. The van der Waals surface area contributed by atoms with Crippen molar-refractivity contribution in [3.05, 3.63) is 46.7 Å². The molecule has 0 radical (unpaired) electrons. The number of pyridine rings is 1. The van der Waals surface area contributed by atoms with E-state index < -0.39 is 0 Å². The third kappa shape index (κ3) is 4.45. The number of carbonyl (C=O) groups excluding carboxylic acids is 1. The molecule has 0 atom stereocenters. The number of halogens is 1. The maximum atomic E-state index is 12.7. The van der Waals surface area contributed by atoms with Crippen LogP contribution in [-0.2, 0) is 9.47 Å². The summed E-state index contributed by atoms with van der Waals surface area (Å²) in [4.78, 5) is 21.4. The van der Waals surface area contributed by atoms with Gasteiger partial charge >= 0.3 is 0 Å². The molecule has 1 aromatic heterocycles. The number of amides is 1. The lowest BCUT2D eigenvalue weighted by molar-refractivity contribution is 0.102. The minimum absolute atomic E-state index is 0.178. The summed E-state index contributed by atoms with van der Waals surface area (Å²) in [6.45, 7) is 6.19. The van der Waals surface area contributed by atoms with Crippen LogP contribution in [0.3, 0.4) is 0 Å². The molecule has 4 rings (SSSR count). The lowest BCUT2D eigenvalue weighted by atomic mass is 10.1. The van der Waals surface area contributed by atoms with Crippen molar-refractivity contribution >= 4 is 38.9 Å². The van der Waals surface area contributed by atoms with Crippen LogP contribution in [-0.4, -0.2) is 63.5 Å². The number of ether oxygens (including phenoxy) is 2. The second-order valence-corrected chi connectivity index (χ2v) is 7.66. The number of hydrogen-bond acceptors (Lipinski definition) is 6. The van der Waals surface area contributed by atoms with Gasteiger partial charge < -0.3 is 24.6 Å². The van der Waals surface area contributed by atoms with Crippen LogP contribution in [0.15, 0.2) is 41.1 Å². The molecule has 1 amide bonds. The van der Waals surface area contributed by atoms with Gasteiger partial charge in [-0.3, -0.25) is 9.78 Å². The number of carbonyl (C=O) groups is 1. The topological polar surface area (TPSA) is 66.9 Å².